The zero-order valence-corrected chi connectivity index (χ0v) is 8.88. The largest absolute Gasteiger partial charge is 0.342 e. The molecule has 1 atom stereocenters. The number of nitrogens with one attached hydrogen (secondary N) is 2. The van der Waals surface area contributed by atoms with E-state index in [-0.39, 0.29) is 5.56 Å². The third-order valence-electron chi connectivity index (χ3n) is 2.09. The maximum atomic E-state index is 12.8. The van der Waals surface area contributed by atoms with Crippen LogP contribution in [0.2, 0.25) is 0 Å². The quantitative estimate of drug-likeness (QED) is 0.743. The summed E-state index contributed by atoms with van der Waals surface area (Å²) in [4.78, 5) is 15.1. The minimum absolute atomic E-state index is 0.188. The Hall–Kier alpha value is -2.38. The molecule has 2 heterocycles. The molecule has 2 N–H and O–H groups in total. The van der Waals surface area contributed by atoms with Gasteiger partial charge in [0.1, 0.15) is 0 Å². The predicted molar refractivity (Wildman–Crippen MR) is 54.3 cm³/mol. The van der Waals surface area contributed by atoms with E-state index in [2.05, 4.69) is 30.9 Å². The lowest BCUT2D eigenvalue weighted by Crippen LogP contribution is -2.27. The lowest BCUT2D eigenvalue weighted by molar-refractivity contribution is 0.0937. The van der Waals surface area contributed by atoms with Gasteiger partial charge in [0.25, 0.3) is 5.91 Å². The number of aromatic amines is 1. The van der Waals surface area contributed by atoms with E-state index in [9.17, 15) is 9.18 Å². The summed E-state index contributed by atoms with van der Waals surface area (Å²) in [5.74, 6) is -0.777. The van der Waals surface area contributed by atoms with E-state index in [0.29, 0.717) is 5.82 Å². The third-order valence-corrected chi connectivity index (χ3v) is 2.09. The summed E-state index contributed by atoms with van der Waals surface area (Å²) in [6.07, 6.45) is 1.23. The molecule has 2 rings (SSSR count). The molecule has 0 saturated heterocycles. The van der Waals surface area contributed by atoms with Crippen molar-refractivity contribution in [2.24, 2.45) is 0 Å². The zero-order valence-electron chi connectivity index (χ0n) is 8.88. The Kier molecular flexibility index (Phi) is 3.03. The third kappa shape index (κ3) is 2.60. The van der Waals surface area contributed by atoms with Crippen LogP contribution in [0, 0.1) is 5.95 Å². The van der Waals surface area contributed by atoms with Crippen LogP contribution < -0.4 is 5.32 Å². The van der Waals surface area contributed by atoms with Gasteiger partial charge in [0.15, 0.2) is 5.82 Å². The molecular formula is C9H9FN6O. The molecule has 8 heteroatoms. The fourth-order valence-corrected chi connectivity index (χ4v) is 1.24. The van der Waals surface area contributed by atoms with Crippen molar-refractivity contribution in [3.63, 3.8) is 0 Å². The van der Waals surface area contributed by atoms with Crippen LogP contribution >= 0.6 is 0 Å². The fourth-order valence-electron chi connectivity index (χ4n) is 1.24. The number of pyridine rings is 1. The van der Waals surface area contributed by atoms with Gasteiger partial charge in [-0.25, -0.2) is 4.98 Å². The lowest BCUT2D eigenvalue weighted by Gasteiger charge is -2.09. The number of carbonyl (C=O) groups excluding carboxylic acids is 1. The van der Waals surface area contributed by atoms with Gasteiger partial charge in [-0.3, -0.25) is 4.79 Å². The van der Waals surface area contributed by atoms with E-state index in [0.717, 1.165) is 6.07 Å². The molecule has 0 spiro atoms. The van der Waals surface area contributed by atoms with Gasteiger partial charge in [-0.05, 0) is 13.0 Å². The zero-order chi connectivity index (χ0) is 12.3. The monoisotopic (exact) mass is 236 g/mol. The van der Waals surface area contributed by atoms with Crippen LogP contribution in [0.3, 0.4) is 0 Å². The van der Waals surface area contributed by atoms with Crippen molar-refractivity contribution >= 4 is 5.91 Å². The SMILES string of the molecule is CC(NC(=O)c1ccnc(F)c1)c1nn[nH]n1. The number of aromatic nitrogens is 5. The topological polar surface area (TPSA) is 96.5 Å². The highest BCUT2D eigenvalue weighted by molar-refractivity contribution is 5.94. The molecule has 0 saturated carbocycles. The summed E-state index contributed by atoms with van der Waals surface area (Å²) in [5, 5.41) is 15.7. The van der Waals surface area contributed by atoms with Crippen LogP contribution in [0.1, 0.15) is 29.1 Å². The highest BCUT2D eigenvalue weighted by Gasteiger charge is 2.15. The van der Waals surface area contributed by atoms with Gasteiger partial charge in [0, 0.05) is 17.8 Å². The first-order valence-electron chi connectivity index (χ1n) is 4.82. The highest BCUT2D eigenvalue weighted by Crippen LogP contribution is 2.06. The van der Waals surface area contributed by atoms with Gasteiger partial charge in [0.05, 0.1) is 6.04 Å². The van der Waals surface area contributed by atoms with Crippen LogP contribution in [-0.4, -0.2) is 31.5 Å². The number of carbonyl (C=O) groups is 1. The Morgan fingerprint density at radius 3 is 3.06 bits per heavy atom. The molecule has 88 valence electrons. The Morgan fingerprint density at radius 2 is 2.41 bits per heavy atom. The Morgan fingerprint density at radius 1 is 1.59 bits per heavy atom. The summed E-state index contributed by atoms with van der Waals surface area (Å²) >= 11 is 0. The lowest BCUT2D eigenvalue weighted by atomic mass is 10.2. The van der Waals surface area contributed by atoms with Crippen LogP contribution in [0.5, 0.6) is 0 Å². The Bertz CT molecular complexity index is 514. The number of H-pyrrole nitrogens is 1. The average molecular weight is 236 g/mol. The van der Waals surface area contributed by atoms with Gasteiger partial charge >= 0.3 is 0 Å². The number of halogens is 1. The van der Waals surface area contributed by atoms with Crippen molar-refractivity contribution < 1.29 is 9.18 Å². The summed E-state index contributed by atoms with van der Waals surface area (Å²) in [5.41, 5.74) is 0.188. The maximum Gasteiger partial charge on any atom is 0.252 e. The van der Waals surface area contributed by atoms with Crippen LogP contribution in [0.25, 0.3) is 0 Å². The smallest absolute Gasteiger partial charge is 0.252 e. The van der Waals surface area contributed by atoms with Crippen molar-refractivity contribution in [2.75, 3.05) is 0 Å². The number of hydrogen-bond donors (Lipinski definition) is 2. The van der Waals surface area contributed by atoms with Crippen molar-refractivity contribution in [1.29, 1.82) is 0 Å². The number of amides is 1. The van der Waals surface area contributed by atoms with Crippen LogP contribution in [0.15, 0.2) is 18.3 Å². The number of tetrazole rings is 1. The van der Waals surface area contributed by atoms with E-state index in [1.807, 2.05) is 0 Å². The van der Waals surface area contributed by atoms with E-state index in [1.165, 1.54) is 12.3 Å². The molecule has 1 unspecified atom stereocenters. The molecule has 7 nitrogen and oxygen atoms in total. The molecule has 0 aliphatic rings. The first-order valence-corrected chi connectivity index (χ1v) is 4.82. The second kappa shape index (κ2) is 4.64. The molecular weight excluding hydrogens is 227 g/mol. The minimum Gasteiger partial charge on any atom is -0.342 e. The van der Waals surface area contributed by atoms with E-state index in [4.69, 9.17) is 0 Å². The first-order chi connectivity index (χ1) is 8.16. The normalized spacial score (nSPS) is 12.1. The van der Waals surface area contributed by atoms with Crippen molar-refractivity contribution in [3.05, 3.63) is 35.7 Å². The fraction of sp³-hybridized carbons (Fsp3) is 0.222. The maximum absolute atomic E-state index is 12.8. The number of hydrogen-bond acceptors (Lipinski definition) is 5. The minimum atomic E-state index is -0.704. The van der Waals surface area contributed by atoms with E-state index in [1.54, 1.807) is 6.92 Å². The first kappa shape index (κ1) is 11.1. The summed E-state index contributed by atoms with van der Waals surface area (Å²) in [6, 6.07) is 2.05. The van der Waals surface area contributed by atoms with Crippen LogP contribution in [-0.2, 0) is 0 Å². The highest BCUT2D eigenvalue weighted by atomic mass is 19.1. The Labute approximate surface area is 95.5 Å². The Balaban J connectivity index is 2.07. The van der Waals surface area contributed by atoms with E-state index < -0.39 is 17.9 Å². The van der Waals surface area contributed by atoms with Crippen molar-refractivity contribution in [2.45, 2.75) is 13.0 Å². The second-order valence-corrected chi connectivity index (χ2v) is 3.33. The van der Waals surface area contributed by atoms with Crippen LogP contribution in [0.4, 0.5) is 4.39 Å². The van der Waals surface area contributed by atoms with E-state index >= 15 is 0 Å². The summed E-state index contributed by atoms with van der Waals surface area (Å²) in [6.45, 7) is 1.69. The number of rotatable bonds is 3. The van der Waals surface area contributed by atoms with Gasteiger partial charge in [-0.1, -0.05) is 5.21 Å². The van der Waals surface area contributed by atoms with Crippen molar-refractivity contribution in [3.8, 4) is 0 Å². The van der Waals surface area contributed by atoms with Crippen molar-refractivity contribution in [1.82, 2.24) is 30.9 Å². The second-order valence-electron chi connectivity index (χ2n) is 3.33. The molecule has 0 aliphatic carbocycles. The van der Waals surface area contributed by atoms with Gasteiger partial charge < -0.3 is 5.32 Å². The van der Waals surface area contributed by atoms with Gasteiger partial charge in [-0.15, -0.1) is 10.2 Å². The molecule has 0 bridgehead atoms. The predicted octanol–water partition coefficient (Wildman–Crippen LogP) is 0.225. The molecule has 0 fully saturated rings. The molecule has 0 aromatic carbocycles. The summed E-state index contributed by atoms with van der Waals surface area (Å²) < 4.78 is 12.8. The van der Waals surface area contributed by atoms with Gasteiger partial charge in [0.2, 0.25) is 5.95 Å². The average Bonchev–Trinajstić information content (AvgIpc) is 2.82. The number of nitrogens with zero attached hydrogens (tertiary/aromatic N) is 4. The molecule has 0 aliphatic heterocycles. The molecule has 17 heavy (non-hydrogen) atoms. The van der Waals surface area contributed by atoms with Gasteiger partial charge in [-0.2, -0.15) is 9.60 Å². The molecule has 2 aromatic heterocycles. The standard InChI is InChI=1S/C9H9FN6O/c1-5(8-13-15-16-14-8)12-9(17)6-2-3-11-7(10)4-6/h2-5H,1H3,(H,12,17)(H,13,14,15,16). The molecule has 2 aromatic rings. The summed E-state index contributed by atoms with van der Waals surface area (Å²) in [7, 11) is 0. The molecule has 0 radical (unpaired) electrons. The molecule has 1 amide bonds.